The monoisotopic (exact) mass is 269 g/mol. The van der Waals surface area contributed by atoms with E-state index in [0.29, 0.717) is 6.04 Å². The number of thiazole rings is 1. The molecule has 0 aromatic carbocycles. The van der Waals surface area contributed by atoms with Crippen LogP contribution in [-0.2, 0) is 6.54 Å². The van der Waals surface area contributed by atoms with Crippen molar-refractivity contribution in [2.75, 3.05) is 18.0 Å². The summed E-state index contributed by atoms with van der Waals surface area (Å²) < 4.78 is 0. The summed E-state index contributed by atoms with van der Waals surface area (Å²) in [5, 5.41) is 4.64. The van der Waals surface area contributed by atoms with E-state index >= 15 is 0 Å². The maximum Gasteiger partial charge on any atom is 0.186 e. The van der Waals surface area contributed by atoms with Crippen LogP contribution in [0.15, 0.2) is 0 Å². The Hall–Kier alpha value is -0.610. The lowest BCUT2D eigenvalue weighted by atomic mass is 10.3. The summed E-state index contributed by atoms with van der Waals surface area (Å²) in [5.41, 5.74) is 1.18. The molecule has 0 radical (unpaired) electrons. The number of hydrogen-bond acceptors (Lipinski definition) is 4. The molecular weight excluding hydrogens is 242 g/mol. The average Bonchev–Trinajstić information content (AvgIpc) is 2.67. The summed E-state index contributed by atoms with van der Waals surface area (Å²) in [6.07, 6.45) is 2.35. The molecule has 1 aromatic rings. The zero-order valence-electron chi connectivity index (χ0n) is 12.4. The molecule has 0 aliphatic carbocycles. The Morgan fingerprint density at radius 2 is 2.00 bits per heavy atom. The SMILES string of the molecule is CCCNCc1sc(N(CCC)C(C)C)nc1C. The molecule has 3 nitrogen and oxygen atoms in total. The van der Waals surface area contributed by atoms with Gasteiger partial charge in [0.1, 0.15) is 0 Å². The predicted molar refractivity (Wildman–Crippen MR) is 81.6 cm³/mol. The van der Waals surface area contributed by atoms with Crippen LogP contribution in [0, 0.1) is 6.92 Å². The molecule has 0 spiro atoms. The topological polar surface area (TPSA) is 28.2 Å². The van der Waals surface area contributed by atoms with Crippen molar-refractivity contribution in [1.29, 1.82) is 0 Å². The smallest absolute Gasteiger partial charge is 0.186 e. The Labute approximate surface area is 116 Å². The summed E-state index contributed by atoms with van der Waals surface area (Å²) in [6, 6.07) is 0.520. The van der Waals surface area contributed by atoms with Crippen LogP contribution in [-0.4, -0.2) is 24.1 Å². The first-order chi connectivity index (χ1) is 8.60. The van der Waals surface area contributed by atoms with Gasteiger partial charge in [0.15, 0.2) is 5.13 Å². The number of hydrogen-bond donors (Lipinski definition) is 1. The fourth-order valence-electron chi connectivity index (χ4n) is 1.89. The number of nitrogens with one attached hydrogen (secondary N) is 1. The minimum absolute atomic E-state index is 0.520. The molecule has 1 aromatic heterocycles. The number of aromatic nitrogens is 1. The summed E-state index contributed by atoms with van der Waals surface area (Å²) in [5.74, 6) is 0. The highest BCUT2D eigenvalue weighted by Crippen LogP contribution is 2.27. The van der Waals surface area contributed by atoms with E-state index in [1.54, 1.807) is 0 Å². The standard InChI is InChI=1S/C14H27N3S/c1-6-8-15-10-13-12(5)16-14(18-13)17(9-7-2)11(3)4/h11,15H,6-10H2,1-5H3. The molecule has 1 rings (SSSR count). The van der Waals surface area contributed by atoms with Gasteiger partial charge in [-0.25, -0.2) is 4.98 Å². The quantitative estimate of drug-likeness (QED) is 0.731. The average molecular weight is 269 g/mol. The highest BCUT2D eigenvalue weighted by molar-refractivity contribution is 7.15. The Balaban J connectivity index is 2.74. The fourth-order valence-corrected chi connectivity index (χ4v) is 3.08. The molecule has 4 heteroatoms. The van der Waals surface area contributed by atoms with Crippen molar-refractivity contribution in [2.24, 2.45) is 0 Å². The van der Waals surface area contributed by atoms with E-state index in [2.05, 4.69) is 44.8 Å². The van der Waals surface area contributed by atoms with E-state index in [-0.39, 0.29) is 0 Å². The Morgan fingerprint density at radius 3 is 2.56 bits per heavy atom. The molecule has 0 amide bonds. The van der Waals surface area contributed by atoms with E-state index in [4.69, 9.17) is 4.98 Å². The lowest BCUT2D eigenvalue weighted by Crippen LogP contribution is -2.31. The van der Waals surface area contributed by atoms with E-state index in [0.717, 1.165) is 19.6 Å². The van der Waals surface area contributed by atoms with Gasteiger partial charge < -0.3 is 10.2 Å². The van der Waals surface area contributed by atoms with Crippen molar-refractivity contribution in [3.8, 4) is 0 Å². The van der Waals surface area contributed by atoms with E-state index in [1.807, 2.05) is 11.3 Å². The third kappa shape index (κ3) is 4.25. The minimum Gasteiger partial charge on any atom is -0.346 e. The summed E-state index contributed by atoms with van der Waals surface area (Å²) in [6.45, 7) is 14.1. The number of rotatable bonds is 8. The van der Waals surface area contributed by atoms with Crippen LogP contribution in [0.4, 0.5) is 5.13 Å². The first kappa shape index (κ1) is 15.4. The van der Waals surface area contributed by atoms with Crippen molar-refractivity contribution in [1.82, 2.24) is 10.3 Å². The van der Waals surface area contributed by atoms with Crippen LogP contribution >= 0.6 is 11.3 Å². The molecule has 0 fully saturated rings. The van der Waals surface area contributed by atoms with E-state index < -0.39 is 0 Å². The first-order valence-electron chi connectivity index (χ1n) is 7.03. The molecule has 0 saturated carbocycles. The van der Waals surface area contributed by atoms with Crippen LogP contribution in [0.5, 0.6) is 0 Å². The molecular formula is C14H27N3S. The highest BCUT2D eigenvalue weighted by Gasteiger charge is 2.15. The van der Waals surface area contributed by atoms with Crippen molar-refractivity contribution in [3.63, 3.8) is 0 Å². The number of aryl methyl sites for hydroxylation is 1. The summed E-state index contributed by atoms with van der Waals surface area (Å²) >= 11 is 1.84. The molecule has 18 heavy (non-hydrogen) atoms. The first-order valence-corrected chi connectivity index (χ1v) is 7.85. The highest BCUT2D eigenvalue weighted by atomic mass is 32.1. The van der Waals surface area contributed by atoms with Gasteiger partial charge in [-0.2, -0.15) is 0 Å². The molecule has 0 bridgehead atoms. The zero-order chi connectivity index (χ0) is 13.5. The Morgan fingerprint density at radius 1 is 1.28 bits per heavy atom. The van der Waals surface area contributed by atoms with Crippen LogP contribution in [0.3, 0.4) is 0 Å². The molecule has 104 valence electrons. The van der Waals surface area contributed by atoms with E-state index in [1.165, 1.54) is 28.5 Å². The van der Waals surface area contributed by atoms with Gasteiger partial charge in [-0.05, 0) is 40.2 Å². The third-order valence-electron chi connectivity index (χ3n) is 2.93. The number of anilines is 1. The van der Waals surface area contributed by atoms with Crippen molar-refractivity contribution >= 4 is 16.5 Å². The number of nitrogens with zero attached hydrogens (tertiary/aromatic N) is 2. The maximum atomic E-state index is 4.73. The van der Waals surface area contributed by atoms with Gasteiger partial charge in [0.2, 0.25) is 0 Å². The van der Waals surface area contributed by atoms with Crippen LogP contribution in [0.1, 0.15) is 51.1 Å². The van der Waals surface area contributed by atoms with Crippen LogP contribution < -0.4 is 10.2 Å². The van der Waals surface area contributed by atoms with Crippen molar-refractivity contribution < 1.29 is 0 Å². The van der Waals surface area contributed by atoms with E-state index in [9.17, 15) is 0 Å². The summed E-state index contributed by atoms with van der Waals surface area (Å²) in [4.78, 5) is 8.51. The minimum atomic E-state index is 0.520. The molecule has 0 atom stereocenters. The normalized spacial score (nSPS) is 11.2. The summed E-state index contributed by atoms with van der Waals surface area (Å²) in [7, 11) is 0. The van der Waals surface area contributed by atoms with Crippen molar-refractivity contribution in [3.05, 3.63) is 10.6 Å². The lowest BCUT2D eigenvalue weighted by Gasteiger charge is -2.25. The van der Waals surface area contributed by atoms with Gasteiger partial charge in [-0.3, -0.25) is 0 Å². The Bertz CT molecular complexity index is 347. The molecule has 1 heterocycles. The van der Waals surface area contributed by atoms with Gasteiger partial charge in [-0.1, -0.05) is 13.8 Å². The fraction of sp³-hybridized carbons (Fsp3) is 0.786. The van der Waals surface area contributed by atoms with Gasteiger partial charge in [0.05, 0.1) is 5.69 Å². The second kappa shape index (κ2) is 7.74. The van der Waals surface area contributed by atoms with Crippen LogP contribution in [0.2, 0.25) is 0 Å². The zero-order valence-corrected chi connectivity index (χ0v) is 13.2. The predicted octanol–water partition coefficient (Wildman–Crippen LogP) is 3.58. The maximum absolute atomic E-state index is 4.73. The lowest BCUT2D eigenvalue weighted by molar-refractivity contribution is 0.667. The van der Waals surface area contributed by atoms with Crippen LogP contribution in [0.25, 0.3) is 0 Å². The third-order valence-corrected chi connectivity index (χ3v) is 4.12. The second-order valence-electron chi connectivity index (χ2n) is 4.97. The molecule has 0 saturated heterocycles. The van der Waals surface area contributed by atoms with Crippen molar-refractivity contribution in [2.45, 2.75) is 60.0 Å². The van der Waals surface area contributed by atoms with Gasteiger partial charge in [0, 0.05) is 24.0 Å². The molecule has 0 aliphatic rings. The molecule has 1 N–H and O–H groups in total. The van der Waals surface area contributed by atoms with Gasteiger partial charge in [-0.15, -0.1) is 11.3 Å². The molecule has 0 aliphatic heterocycles. The Kier molecular flexibility index (Phi) is 6.65. The second-order valence-corrected chi connectivity index (χ2v) is 6.03. The molecule has 0 unspecified atom stereocenters. The van der Waals surface area contributed by atoms with Gasteiger partial charge in [0.25, 0.3) is 0 Å². The van der Waals surface area contributed by atoms with Gasteiger partial charge >= 0.3 is 0 Å². The largest absolute Gasteiger partial charge is 0.346 e.